The molecule has 1 N–H and O–H groups in total. The van der Waals surface area contributed by atoms with E-state index < -0.39 is 0 Å². The van der Waals surface area contributed by atoms with Gasteiger partial charge in [-0.3, -0.25) is 19.3 Å². The van der Waals surface area contributed by atoms with Gasteiger partial charge in [0.05, 0.1) is 23.0 Å². The molecule has 2 aliphatic rings. The third-order valence-electron chi connectivity index (χ3n) is 5.89. The quantitative estimate of drug-likeness (QED) is 0.833. The molecule has 0 bridgehead atoms. The van der Waals surface area contributed by atoms with Gasteiger partial charge in [0.1, 0.15) is 0 Å². The number of carbonyl (C=O) groups is 2. The largest absolute Gasteiger partial charge is 0.352 e. The van der Waals surface area contributed by atoms with Crippen molar-refractivity contribution >= 4 is 11.8 Å². The lowest BCUT2D eigenvalue weighted by molar-refractivity contribution is 0.0661. The van der Waals surface area contributed by atoms with E-state index in [0.717, 1.165) is 56.8 Å². The first-order chi connectivity index (χ1) is 14.0. The number of nitrogens with zero attached hydrogens (tertiary/aromatic N) is 5. The van der Waals surface area contributed by atoms with E-state index in [-0.39, 0.29) is 11.8 Å². The summed E-state index contributed by atoms with van der Waals surface area (Å²) < 4.78 is 1.95. The molecule has 1 atom stereocenters. The van der Waals surface area contributed by atoms with Crippen LogP contribution < -0.4 is 5.32 Å². The standard InChI is InChI=1S/C21H28N6O2/c1-15-9-17(13-22-11-15)20(28)23-12-16-3-4-27-19(10-16)18(14-24-27)21(29)26-7-5-25(2)6-8-26/h9,11,13-14,16H,3-8,10,12H2,1-2H3,(H,23,28)/t16-/m0/s1. The number of fused-ring (bicyclic) bond motifs is 1. The number of aromatic nitrogens is 3. The maximum absolute atomic E-state index is 13.0. The fourth-order valence-corrected chi connectivity index (χ4v) is 4.05. The van der Waals surface area contributed by atoms with Gasteiger partial charge in [0.15, 0.2) is 0 Å². The molecule has 0 saturated carbocycles. The van der Waals surface area contributed by atoms with E-state index >= 15 is 0 Å². The third-order valence-corrected chi connectivity index (χ3v) is 5.89. The molecule has 0 aromatic carbocycles. The molecule has 2 aromatic rings. The van der Waals surface area contributed by atoms with Crippen molar-refractivity contribution in [1.82, 2.24) is 29.9 Å². The number of hydrogen-bond donors (Lipinski definition) is 1. The molecule has 4 heterocycles. The zero-order chi connectivity index (χ0) is 20.4. The number of hydrogen-bond acceptors (Lipinski definition) is 5. The summed E-state index contributed by atoms with van der Waals surface area (Å²) in [5.74, 6) is 0.267. The van der Waals surface area contributed by atoms with Crippen molar-refractivity contribution in [2.45, 2.75) is 26.3 Å². The van der Waals surface area contributed by atoms with Gasteiger partial charge in [-0.15, -0.1) is 0 Å². The normalized spacial score (nSPS) is 19.7. The molecule has 0 aliphatic carbocycles. The lowest BCUT2D eigenvalue weighted by Crippen LogP contribution is -2.47. The molecule has 4 rings (SSSR count). The molecule has 0 unspecified atom stereocenters. The first-order valence-corrected chi connectivity index (χ1v) is 10.2. The molecule has 0 spiro atoms. The highest BCUT2D eigenvalue weighted by Gasteiger charge is 2.29. The van der Waals surface area contributed by atoms with E-state index in [1.54, 1.807) is 18.6 Å². The van der Waals surface area contributed by atoms with Gasteiger partial charge in [-0.2, -0.15) is 5.10 Å². The van der Waals surface area contributed by atoms with Gasteiger partial charge >= 0.3 is 0 Å². The minimum absolute atomic E-state index is 0.0786. The average Bonchev–Trinajstić information content (AvgIpc) is 3.15. The zero-order valence-corrected chi connectivity index (χ0v) is 17.1. The molecular weight excluding hydrogens is 368 g/mol. The minimum Gasteiger partial charge on any atom is -0.352 e. The molecular formula is C21H28N6O2. The lowest BCUT2D eigenvalue weighted by atomic mass is 9.94. The Morgan fingerprint density at radius 2 is 1.93 bits per heavy atom. The molecule has 154 valence electrons. The van der Waals surface area contributed by atoms with Crippen molar-refractivity contribution in [1.29, 1.82) is 0 Å². The summed E-state index contributed by atoms with van der Waals surface area (Å²) in [7, 11) is 2.08. The van der Waals surface area contributed by atoms with Crippen molar-refractivity contribution in [3.8, 4) is 0 Å². The van der Waals surface area contributed by atoms with Crippen LogP contribution in [0.2, 0.25) is 0 Å². The number of carbonyl (C=O) groups excluding carboxylic acids is 2. The SMILES string of the molecule is Cc1cncc(C(=O)NC[C@H]2CCn3ncc(C(=O)N4CCN(C)CC4)c3C2)c1. The number of pyridine rings is 1. The molecule has 1 saturated heterocycles. The Hall–Kier alpha value is -2.74. The summed E-state index contributed by atoms with van der Waals surface area (Å²) in [5.41, 5.74) is 3.26. The second-order valence-electron chi connectivity index (χ2n) is 8.14. The maximum atomic E-state index is 13.0. The van der Waals surface area contributed by atoms with Gasteiger partial charge in [0.2, 0.25) is 0 Å². The fraction of sp³-hybridized carbons (Fsp3) is 0.524. The van der Waals surface area contributed by atoms with Crippen LogP contribution in [0.25, 0.3) is 0 Å². The van der Waals surface area contributed by atoms with Gasteiger partial charge in [0.25, 0.3) is 11.8 Å². The zero-order valence-electron chi connectivity index (χ0n) is 17.1. The van der Waals surface area contributed by atoms with E-state index in [0.29, 0.717) is 23.6 Å². The van der Waals surface area contributed by atoms with Crippen LogP contribution in [0.3, 0.4) is 0 Å². The molecule has 2 amide bonds. The number of rotatable bonds is 4. The smallest absolute Gasteiger partial charge is 0.257 e. The first kappa shape index (κ1) is 19.6. The Bertz CT molecular complexity index is 900. The van der Waals surface area contributed by atoms with Gasteiger partial charge in [-0.25, -0.2) is 0 Å². The molecule has 0 radical (unpaired) electrons. The Kier molecular flexibility index (Phi) is 5.62. The number of amides is 2. The molecule has 1 fully saturated rings. The van der Waals surface area contributed by atoms with E-state index in [4.69, 9.17) is 0 Å². The average molecular weight is 396 g/mol. The van der Waals surface area contributed by atoms with Crippen LogP contribution in [-0.2, 0) is 13.0 Å². The minimum atomic E-state index is -0.103. The topological polar surface area (TPSA) is 83.4 Å². The van der Waals surface area contributed by atoms with Crippen LogP contribution in [0, 0.1) is 12.8 Å². The van der Waals surface area contributed by atoms with E-state index in [9.17, 15) is 9.59 Å². The Labute approximate surface area is 170 Å². The van der Waals surface area contributed by atoms with Crippen LogP contribution in [0.4, 0.5) is 0 Å². The number of piperazine rings is 1. The molecule has 8 heteroatoms. The van der Waals surface area contributed by atoms with Crippen molar-refractivity contribution < 1.29 is 9.59 Å². The summed E-state index contributed by atoms with van der Waals surface area (Å²) in [4.78, 5) is 33.7. The van der Waals surface area contributed by atoms with Gasteiger partial charge < -0.3 is 15.1 Å². The summed E-state index contributed by atoms with van der Waals surface area (Å²) in [6.07, 6.45) is 6.72. The predicted octanol–water partition coefficient (Wildman–Crippen LogP) is 0.967. The van der Waals surface area contributed by atoms with E-state index in [1.165, 1.54) is 0 Å². The summed E-state index contributed by atoms with van der Waals surface area (Å²) in [6, 6.07) is 1.84. The summed E-state index contributed by atoms with van der Waals surface area (Å²) in [5, 5.41) is 7.46. The van der Waals surface area contributed by atoms with Crippen LogP contribution >= 0.6 is 0 Å². The van der Waals surface area contributed by atoms with Crippen LogP contribution in [0.5, 0.6) is 0 Å². The molecule has 8 nitrogen and oxygen atoms in total. The highest BCUT2D eigenvalue weighted by molar-refractivity contribution is 5.95. The second-order valence-corrected chi connectivity index (χ2v) is 8.14. The van der Waals surface area contributed by atoms with Crippen molar-refractivity contribution in [2.24, 2.45) is 5.92 Å². The fourth-order valence-electron chi connectivity index (χ4n) is 4.05. The lowest BCUT2D eigenvalue weighted by Gasteiger charge is -2.32. The number of aryl methyl sites for hydroxylation is 2. The predicted molar refractivity (Wildman–Crippen MR) is 109 cm³/mol. The Morgan fingerprint density at radius 1 is 1.14 bits per heavy atom. The summed E-state index contributed by atoms with van der Waals surface area (Å²) >= 11 is 0. The van der Waals surface area contributed by atoms with Crippen molar-refractivity contribution in [3.05, 3.63) is 47.0 Å². The highest BCUT2D eigenvalue weighted by Crippen LogP contribution is 2.24. The Balaban J connectivity index is 1.39. The van der Waals surface area contributed by atoms with Crippen LogP contribution in [0.15, 0.2) is 24.7 Å². The summed E-state index contributed by atoms with van der Waals surface area (Å²) in [6.45, 7) is 6.59. The molecule has 29 heavy (non-hydrogen) atoms. The Morgan fingerprint density at radius 3 is 2.69 bits per heavy atom. The van der Waals surface area contributed by atoms with E-state index in [2.05, 4.69) is 27.3 Å². The molecule has 2 aromatic heterocycles. The number of likely N-dealkylation sites (N-methyl/N-ethyl adjacent to an activating group) is 1. The molecule has 2 aliphatic heterocycles. The maximum Gasteiger partial charge on any atom is 0.257 e. The van der Waals surface area contributed by atoms with Gasteiger partial charge in [-0.1, -0.05) is 0 Å². The third kappa shape index (κ3) is 4.32. The van der Waals surface area contributed by atoms with Gasteiger partial charge in [-0.05, 0) is 44.4 Å². The van der Waals surface area contributed by atoms with Crippen molar-refractivity contribution in [2.75, 3.05) is 39.8 Å². The first-order valence-electron chi connectivity index (χ1n) is 10.2. The monoisotopic (exact) mass is 396 g/mol. The van der Waals surface area contributed by atoms with Gasteiger partial charge in [0, 0.05) is 51.7 Å². The van der Waals surface area contributed by atoms with Crippen LogP contribution in [-0.4, -0.2) is 76.2 Å². The second kappa shape index (κ2) is 8.32. The van der Waals surface area contributed by atoms with E-state index in [1.807, 2.05) is 22.6 Å². The van der Waals surface area contributed by atoms with Crippen molar-refractivity contribution in [3.63, 3.8) is 0 Å². The highest BCUT2D eigenvalue weighted by atomic mass is 16.2. The van der Waals surface area contributed by atoms with Crippen LogP contribution in [0.1, 0.15) is 38.4 Å². The number of nitrogens with one attached hydrogen (secondary N) is 1.